The van der Waals surface area contributed by atoms with Crippen molar-refractivity contribution >= 4 is 49.6 Å². The van der Waals surface area contributed by atoms with E-state index in [1.807, 2.05) is 0 Å². The van der Waals surface area contributed by atoms with E-state index in [9.17, 15) is 0 Å². The molecule has 0 radical (unpaired) electrons. The van der Waals surface area contributed by atoms with E-state index in [0.717, 1.165) is 39.4 Å². The van der Waals surface area contributed by atoms with Gasteiger partial charge in [0, 0.05) is 33.3 Å². The fourth-order valence-corrected chi connectivity index (χ4v) is 9.92. The van der Waals surface area contributed by atoms with Gasteiger partial charge < -0.3 is 9.47 Å². The van der Waals surface area contributed by atoms with E-state index in [1.165, 1.54) is 71.5 Å². The number of para-hydroxylation sites is 3. The largest absolute Gasteiger partial charge is 0.310 e. The molecule has 0 aliphatic heterocycles. The molecule has 0 spiro atoms. The molecule has 0 bridgehead atoms. The fourth-order valence-electron chi connectivity index (χ4n) is 9.92. The molecule has 11 aromatic carbocycles. The van der Waals surface area contributed by atoms with Crippen molar-refractivity contribution in [2.75, 3.05) is 4.90 Å². The van der Waals surface area contributed by atoms with Crippen LogP contribution < -0.4 is 4.90 Å². The number of hydrogen-bond donors (Lipinski definition) is 0. The Labute approximate surface area is 385 Å². The van der Waals surface area contributed by atoms with Gasteiger partial charge in [0.25, 0.3) is 0 Å². The van der Waals surface area contributed by atoms with Gasteiger partial charge in [-0.05, 0) is 110 Å². The van der Waals surface area contributed by atoms with Crippen LogP contribution in [0.5, 0.6) is 0 Å². The first-order valence-corrected chi connectivity index (χ1v) is 22.7. The molecule has 310 valence electrons. The van der Waals surface area contributed by atoms with Crippen molar-refractivity contribution in [3.63, 3.8) is 0 Å². The van der Waals surface area contributed by atoms with Gasteiger partial charge in [-0.2, -0.15) is 0 Å². The molecule has 0 amide bonds. The molecule has 66 heavy (non-hydrogen) atoms. The van der Waals surface area contributed by atoms with Gasteiger partial charge in [0.1, 0.15) is 0 Å². The predicted molar refractivity (Wildman–Crippen MR) is 280 cm³/mol. The van der Waals surface area contributed by atoms with Crippen molar-refractivity contribution in [2.45, 2.75) is 0 Å². The van der Waals surface area contributed by atoms with E-state index in [4.69, 9.17) is 0 Å². The number of benzene rings is 11. The van der Waals surface area contributed by atoms with Crippen LogP contribution in [0.4, 0.5) is 17.1 Å². The second-order valence-corrected chi connectivity index (χ2v) is 16.9. The number of rotatable bonds is 9. The van der Waals surface area contributed by atoms with Crippen LogP contribution in [-0.2, 0) is 0 Å². The Hall–Kier alpha value is -8.72. The molecule has 0 fully saturated rings. The molecule has 0 unspecified atom stereocenters. The summed E-state index contributed by atoms with van der Waals surface area (Å²) in [5.74, 6) is 0. The summed E-state index contributed by atoms with van der Waals surface area (Å²) in [5, 5.41) is 4.99. The number of anilines is 3. The van der Waals surface area contributed by atoms with Gasteiger partial charge >= 0.3 is 0 Å². The van der Waals surface area contributed by atoms with Gasteiger partial charge in [-0.15, -0.1) is 0 Å². The highest BCUT2D eigenvalue weighted by molar-refractivity contribution is 6.10. The molecule has 0 N–H and O–H groups in total. The maximum absolute atomic E-state index is 2.43. The molecule has 0 atom stereocenters. The van der Waals surface area contributed by atoms with Crippen molar-refractivity contribution in [3.8, 4) is 61.3 Å². The summed E-state index contributed by atoms with van der Waals surface area (Å²) < 4.78 is 2.43. The Balaban J connectivity index is 1.02. The lowest BCUT2D eigenvalue weighted by Gasteiger charge is -2.29. The van der Waals surface area contributed by atoms with E-state index in [1.54, 1.807) is 0 Å². The van der Waals surface area contributed by atoms with Crippen LogP contribution in [0.15, 0.2) is 267 Å². The van der Waals surface area contributed by atoms with Gasteiger partial charge in [0.2, 0.25) is 0 Å². The van der Waals surface area contributed by atoms with Gasteiger partial charge in [-0.25, -0.2) is 0 Å². The van der Waals surface area contributed by atoms with Crippen LogP contribution in [-0.4, -0.2) is 4.57 Å². The van der Waals surface area contributed by atoms with Crippen LogP contribution in [0.3, 0.4) is 0 Å². The molecule has 0 aliphatic carbocycles. The van der Waals surface area contributed by atoms with E-state index in [2.05, 4.69) is 276 Å². The second kappa shape index (κ2) is 16.8. The van der Waals surface area contributed by atoms with Crippen molar-refractivity contribution in [1.82, 2.24) is 4.57 Å². The van der Waals surface area contributed by atoms with Crippen molar-refractivity contribution in [2.24, 2.45) is 0 Å². The van der Waals surface area contributed by atoms with Gasteiger partial charge in [-0.3, -0.25) is 0 Å². The Morgan fingerprint density at radius 2 is 0.712 bits per heavy atom. The summed E-state index contributed by atoms with van der Waals surface area (Å²) in [5.41, 5.74) is 18.6. The SMILES string of the molecule is c1ccc(-c2ccc(N(c3ccc(-c4ccccc4-c4cccc5ccccc45)cc3)c3ccc(-c4ccccc4-n4c5ccccc5c5ccccc54)cc3-c3ccccc3)cc2)cc1. The number of fused-ring (bicyclic) bond motifs is 4. The Morgan fingerprint density at radius 1 is 0.258 bits per heavy atom. The molecule has 0 aliphatic rings. The third kappa shape index (κ3) is 6.93. The second-order valence-electron chi connectivity index (χ2n) is 16.9. The predicted octanol–water partition coefficient (Wildman–Crippen LogP) is 17.7. The lowest BCUT2D eigenvalue weighted by molar-refractivity contribution is 1.18. The lowest BCUT2D eigenvalue weighted by atomic mass is 9.91. The van der Waals surface area contributed by atoms with Gasteiger partial charge in [0.05, 0.1) is 22.4 Å². The Bertz CT molecular complexity index is 3620. The monoisotopic (exact) mass is 840 g/mol. The summed E-state index contributed by atoms with van der Waals surface area (Å²) in [6.07, 6.45) is 0. The Kier molecular flexibility index (Phi) is 9.89. The zero-order valence-corrected chi connectivity index (χ0v) is 36.3. The number of aromatic nitrogens is 1. The minimum atomic E-state index is 1.07. The molecule has 0 saturated carbocycles. The minimum absolute atomic E-state index is 1.07. The molecule has 12 rings (SSSR count). The van der Waals surface area contributed by atoms with Gasteiger partial charge in [0.15, 0.2) is 0 Å². The van der Waals surface area contributed by atoms with Crippen LogP contribution in [0.2, 0.25) is 0 Å². The first kappa shape index (κ1) is 38.9. The molecular formula is C64H44N2. The summed E-state index contributed by atoms with van der Waals surface area (Å²) in [7, 11) is 0. The molecule has 2 heteroatoms. The maximum Gasteiger partial charge on any atom is 0.0541 e. The fraction of sp³-hybridized carbons (Fsp3) is 0. The highest BCUT2D eigenvalue weighted by atomic mass is 15.1. The summed E-state index contributed by atoms with van der Waals surface area (Å²) >= 11 is 0. The van der Waals surface area contributed by atoms with Crippen LogP contribution >= 0.6 is 0 Å². The normalized spacial score (nSPS) is 11.3. The highest BCUT2D eigenvalue weighted by Crippen LogP contribution is 2.45. The van der Waals surface area contributed by atoms with E-state index in [0.29, 0.717) is 0 Å². The average Bonchev–Trinajstić information content (AvgIpc) is 3.74. The standard InChI is InChI=1S/C64H44N2/c1-3-18-45(19-4-1)46-34-39-51(40-35-46)65(52-41-36-49(37-42-52)54-25-9-10-27-56(54)57-30-17-23-47-22-7-8-24-53(47)57)64-43-38-50(44-60(64)48-20-5-2-6-21-48)55-26-11-14-31-61(55)66-62-32-15-12-28-58(62)59-29-13-16-33-63(59)66/h1-44H. The smallest absolute Gasteiger partial charge is 0.0541 e. The first-order valence-electron chi connectivity index (χ1n) is 22.7. The van der Waals surface area contributed by atoms with E-state index in [-0.39, 0.29) is 0 Å². The maximum atomic E-state index is 2.43. The highest BCUT2D eigenvalue weighted by Gasteiger charge is 2.21. The van der Waals surface area contributed by atoms with Crippen LogP contribution in [0.25, 0.3) is 93.9 Å². The first-order chi connectivity index (χ1) is 32.8. The molecule has 2 nitrogen and oxygen atoms in total. The molecular weight excluding hydrogens is 797 g/mol. The van der Waals surface area contributed by atoms with Crippen molar-refractivity contribution in [3.05, 3.63) is 267 Å². The zero-order valence-electron chi connectivity index (χ0n) is 36.3. The summed E-state index contributed by atoms with van der Waals surface area (Å²) in [4.78, 5) is 2.42. The van der Waals surface area contributed by atoms with Crippen molar-refractivity contribution < 1.29 is 0 Å². The topological polar surface area (TPSA) is 8.17 Å². The summed E-state index contributed by atoms with van der Waals surface area (Å²) in [6, 6.07) is 96.9. The zero-order chi connectivity index (χ0) is 43.8. The summed E-state index contributed by atoms with van der Waals surface area (Å²) in [6.45, 7) is 0. The van der Waals surface area contributed by atoms with Crippen LogP contribution in [0.1, 0.15) is 0 Å². The molecule has 1 heterocycles. The Morgan fingerprint density at radius 3 is 1.39 bits per heavy atom. The quantitative estimate of drug-likeness (QED) is 0.141. The van der Waals surface area contributed by atoms with E-state index >= 15 is 0 Å². The van der Waals surface area contributed by atoms with Crippen LogP contribution in [0, 0.1) is 0 Å². The van der Waals surface area contributed by atoms with Gasteiger partial charge in [-0.1, -0.05) is 212 Å². The van der Waals surface area contributed by atoms with E-state index < -0.39 is 0 Å². The van der Waals surface area contributed by atoms with Crippen molar-refractivity contribution in [1.29, 1.82) is 0 Å². The average molecular weight is 841 g/mol. The number of hydrogen-bond acceptors (Lipinski definition) is 1. The number of nitrogens with zero attached hydrogens (tertiary/aromatic N) is 2. The molecule has 0 saturated heterocycles. The lowest BCUT2D eigenvalue weighted by Crippen LogP contribution is -2.11. The third-order valence-corrected chi connectivity index (χ3v) is 13.0. The third-order valence-electron chi connectivity index (χ3n) is 13.0. The molecule has 12 aromatic rings. The molecule has 1 aromatic heterocycles. The minimum Gasteiger partial charge on any atom is -0.310 e.